The molecular formula is C14H19Cl2NZr. The van der Waals surface area contributed by atoms with Gasteiger partial charge in [0.1, 0.15) is 0 Å². The molecule has 0 saturated heterocycles. The Morgan fingerprint density at radius 3 is 2.22 bits per heavy atom. The average molecular weight is 363 g/mol. The molecule has 4 heteroatoms. The second-order valence-corrected chi connectivity index (χ2v) is 3.86. The Hall–Kier alpha value is 0.383. The molecule has 0 radical (unpaired) electrons. The van der Waals surface area contributed by atoms with Gasteiger partial charge < -0.3 is 29.7 Å². The third kappa shape index (κ3) is 12.8. The first kappa shape index (κ1) is 23.5. The Balaban J connectivity index is -0.000000245. The van der Waals surface area contributed by atoms with Crippen molar-refractivity contribution in [2.24, 2.45) is 0 Å². The van der Waals surface area contributed by atoms with Crippen molar-refractivity contribution < 1.29 is 51.0 Å². The molecule has 0 heterocycles. The van der Waals surface area contributed by atoms with Gasteiger partial charge in [0.05, 0.1) is 0 Å². The molecule has 1 nitrogen and oxygen atoms in total. The molecule has 0 atom stereocenters. The first-order valence-electron chi connectivity index (χ1n) is 5.42. The maximum absolute atomic E-state index is 3.29. The van der Waals surface area contributed by atoms with Crippen LogP contribution in [-0.4, -0.2) is 25.5 Å². The first-order chi connectivity index (χ1) is 7.29. The normalized spacial score (nSPS) is 14.1. The smallest absolute Gasteiger partial charge is 1.00 e. The average Bonchev–Trinajstić information content (AvgIpc) is 2.91. The van der Waals surface area contributed by atoms with Gasteiger partial charge in [-0.15, -0.1) is 12.8 Å². The van der Waals surface area contributed by atoms with E-state index in [9.17, 15) is 0 Å². The van der Waals surface area contributed by atoms with E-state index >= 15 is 0 Å². The van der Waals surface area contributed by atoms with Crippen LogP contribution in [-0.2, 0) is 26.2 Å². The Kier molecular flexibility index (Phi) is 20.1. The van der Waals surface area contributed by atoms with Gasteiger partial charge in [0.15, 0.2) is 0 Å². The standard InChI is InChI=1S/C9H14N.C5H5.2ClH.Zr/c1-10(2)8-7-9-5-3-4-6-9;1-2-4-5-3-1;;;/h3,5H,4,7-8H2,1-2H3;1-3H,4H2;2*1H;/q2*-1;;;+4/p-2. The molecule has 98 valence electrons. The fraction of sp³-hybridized carbons (Fsp3) is 0.429. The van der Waals surface area contributed by atoms with Gasteiger partial charge in [-0.05, 0) is 27.1 Å². The number of allylic oxidation sites excluding steroid dienone is 7. The summed E-state index contributed by atoms with van der Waals surface area (Å²) in [5.74, 6) is 0. The van der Waals surface area contributed by atoms with Crippen LogP contribution in [0, 0.1) is 12.2 Å². The van der Waals surface area contributed by atoms with Crippen molar-refractivity contribution in [3.63, 3.8) is 0 Å². The summed E-state index contributed by atoms with van der Waals surface area (Å²) in [5.41, 5.74) is 1.37. The van der Waals surface area contributed by atoms with E-state index in [1.165, 1.54) is 5.57 Å². The monoisotopic (exact) mass is 361 g/mol. The van der Waals surface area contributed by atoms with Crippen molar-refractivity contribution in [3.8, 4) is 0 Å². The number of halogens is 2. The molecule has 0 spiro atoms. The number of rotatable bonds is 3. The maximum atomic E-state index is 3.29. The Morgan fingerprint density at radius 1 is 1.17 bits per heavy atom. The number of hydrogen-bond acceptors (Lipinski definition) is 1. The molecule has 2 aliphatic rings. The summed E-state index contributed by atoms with van der Waals surface area (Å²) in [6.07, 6.45) is 19.8. The van der Waals surface area contributed by atoms with Gasteiger partial charge in [0.2, 0.25) is 0 Å². The summed E-state index contributed by atoms with van der Waals surface area (Å²) in [4.78, 5) is 2.20. The molecule has 0 aromatic heterocycles. The second kappa shape index (κ2) is 15.4. The summed E-state index contributed by atoms with van der Waals surface area (Å²) < 4.78 is 0. The van der Waals surface area contributed by atoms with Crippen LogP contribution in [0.1, 0.15) is 19.3 Å². The van der Waals surface area contributed by atoms with E-state index in [0.29, 0.717) is 0 Å². The van der Waals surface area contributed by atoms with Gasteiger partial charge in [-0.3, -0.25) is 12.2 Å². The van der Waals surface area contributed by atoms with Crippen LogP contribution in [0.25, 0.3) is 0 Å². The Labute approximate surface area is 143 Å². The van der Waals surface area contributed by atoms with E-state index in [0.717, 1.165) is 25.8 Å². The van der Waals surface area contributed by atoms with E-state index < -0.39 is 0 Å². The Bertz CT molecular complexity index is 284. The minimum Gasteiger partial charge on any atom is -1.00 e. The predicted molar refractivity (Wildman–Crippen MR) is 65.3 cm³/mol. The molecule has 0 saturated carbocycles. The quantitative estimate of drug-likeness (QED) is 0.482. The first-order valence-corrected chi connectivity index (χ1v) is 5.42. The van der Waals surface area contributed by atoms with E-state index in [1.54, 1.807) is 0 Å². The molecule has 18 heavy (non-hydrogen) atoms. The molecule has 0 aromatic carbocycles. The van der Waals surface area contributed by atoms with Crippen molar-refractivity contribution in [2.45, 2.75) is 19.3 Å². The van der Waals surface area contributed by atoms with Gasteiger partial charge in [-0.25, -0.2) is 23.8 Å². The SMILES string of the molecule is CN(C)CCC1=[C-]CC=C1.[C-]1=CC=CC1.[Cl-].[Cl-].[Zr+4]. The number of hydrogen-bond donors (Lipinski definition) is 0. The van der Waals surface area contributed by atoms with Crippen LogP contribution in [0.2, 0.25) is 0 Å². The van der Waals surface area contributed by atoms with E-state index in [4.69, 9.17) is 0 Å². The molecule has 0 unspecified atom stereocenters. The van der Waals surface area contributed by atoms with Crippen molar-refractivity contribution in [3.05, 3.63) is 48.1 Å². The van der Waals surface area contributed by atoms with E-state index in [2.05, 4.69) is 49.4 Å². The minimum atomic E-state index is 0. The molecule has 2 rings (SSSR count). The predicted octanol–water partition coefficient (Wildman–Crippen LogP) is -3.06. The third-order valence-electron chi connectivity index (χ3n) is 2.18. The molecule has 0 bridgehead atoms. The summed E-state index contributed by atoms with van der Waals surface area (Å²) in [6, 6.07) is 0. The molecule has 0 aromatic rings. The molecule has 0 fully saturated rings. The van der Waals surface area contributed by atoms with Crippen molar-refractivity contribution in [1.82, 2.24) is 4.90 Å². The van der Waals surface area contributed by atoms with Gasteiger partial charge in [0.25, 0.3) is 0 Å². The zero-order chi connectivity index (χ0) is 10.9. The van der Waals surface area contributed by atoms with Gasteiger partial charge in [0, 0.05) is 0 Å². The fourth-order valence-corrected chi connectivity index (χ4v) is 1.31. The van der Waals surface area contributed by atoms with Crippen LogP contribution < -0.4 is 24.8 Å². The summed E-state index contributed by atoms with van der Waals surface area (Å²) in [7, 11) is 4.19. The van der Waals surface area contributed by atoms with Crippen LogP contribution in [0.15, 0.2) is 36.0 Å². The molecule has 0 aliphatic heterocycles. The van der Waals surface area contributed by atoms with Gasteiger partial charge >= 0.3 is 26.2 Å². The summed E-state index contributed by atoms with van der Waals surface area (Å²) in [5, 5.41) is 0. The van der Waals surface area contributed by atoms with Gasteiger partial charge in [-0.1, -0.05) is 0 Å². The largest absolute Gasteiger partial charge is 4.00 e. The molecule has 0 N–H and O–H groups in total. The van der Waals surface area contributed by atoms with Crippen LogP contribution in [0.3, 0.4) is 0 Å². The van der Waals surface area contributed by atoms with Crippen LogP contribution in [0.5, 0.6) is 0 Å². The van der Waals surface area contributed by atoms with E-state index in [1.807, 2.05) is 12.2 Å². The Morgan fingerprint density at radius 2 is 1.89 bits per heavy atom. The molecule has 0 amide bonds. The van der Waals surface area contributed by atoms with Crippen molar-refractivity contribution in [2.75, 3.05) is 20.6 Å². The topological polar surface area (TPSA) is 3.24 Å². The third-order valence-corrected chi connectivity index (χ3v) is 2.18. The second-order valence-electron chi connectivity index (χ2n) is 3.86. The maximum Gasteiger partial charge on any atom is 4.00 e. The zero-order valence-electron chi connectivity index (χ0n) is 10.9. The van der Waals surface area contributed by atoms with Crippen molar-refractivity contribution >= 4 is 0 Å². The zero-order valence-corrected chi connectivity index (χ0v) is 14.9. The minimum absolute atomic E-state index is 0. The molecule has 2 aliphatic carbocycles. The van der Waals surface area contributed by atoms with Crippen molar-refractivity contribution in [1.29, 1.82) is 0 Å². The summed E-state index contributed by atoms with van der Waals surface area (Å²) >= 11 is 0. The summed E-state index contributed by atoms with van der Waals surface area (Å²) in [6.45, 7) is 1.13. The van der Waals surface area contributed by atoms with Crippen LogP contribution >= 0.6 is 0 Å². The fourth-order valence-electron chi connectivity index (χ4n) is 1.31. The number of nitrogens with zero attached hydrogens (tertiary/aromatic N) is 1. The van der Waals surface area contributed by atoms with Gasteiger partial charge in [-0.2, -0.15) is 12.2 Å². The molecular weight excluding hydrogens is 344 g/mol. The van der Waals surface area contributed by atoms with Crippen LogP contribution in [0.4, 0.5) is 0 Å². The van der Waals surface area contributed by atoms with E-state index in [-0.39, 0.29) is 51.0 Å².